The lowest BCUT2D eigenvalue weighted by molar-refractivity contribution is -0.224. The molecule has 13 nitrogen and oxygen atoms in total. The van der Waals surface area contributed by atoms with Crippen LogP contribution in [0.4, 0.5) is 16.2 Å². The molecule has 0 aliphatic carbocycles. The molecule has 4 rings (SSSR count). The summed E-state index contributed by atoms with van der Waals surface area (Å²) >= 11 is 0. The minimum atomic E-state index is -1.29. The number of cyclic esters (lactones) is 4. The number of benzene rings is 2. The molecule has 0 atom stereocenters. The predicted molar refractivity (Wildman–Crippen MR) is 158 cm³/mol. The van der Waals surface area contributed by atoms with E-state index < -0.39 is 35.5 Å². The topological polar surface area (TPSA) is 170 Å². The van der Waals surface area contributed by atoms with Crippen LogP contribution in [0.3, 0.4) is 0 Å². The molecule has 0 spiro atoms. The molecule has 0 radical (unpaired) electrons. The number of urea groups is 1. The van der Waals surface area contributed by atoms with E-state index in [1.807, 2.05) is 24.3 Å². The number of carbonyl (C=O) groups is 5. The maximum atomic E-state index is 12.2. The van der Waals surface area contributed by atoms with Crippen LogP contribution >= 0.6 is 0 Å². The number of hydrogen-bond donors (Lipinski definition) is 4. The summed E-state index contributed by atoms with van der Waals surface area (Å²) in [6.45, 7) is 6.76. The van der Waals surface area contributed by atoms with Crippen molar-refractivity contribution in [2.75, 3.05) is 23.7 Å². The summed E-state index contributed by atoms with van der Waals surface area (Å²) in [7, 11) is 0. The molecular formula is C31H34N4O9. The zero-order valence-electron chi connectivity index (χ0n) is 24.8. The largest absolute Gasteiger partial charge is 0.419 e. The Morgan fingerprint density at radius 1 is 0.591 bits per heavy atom. The highest BCUT2D eigenvalue weighted by Crippen LogP contribution is 2.24. The van der Waals surface area contributed by atoms with E-state index in [9.17, 15) is 24.0 Å². The van der Waals surface area contributed by atoms with Gasteiger partial charge in [-0.1, -0.05) is 24.3 Å². The van der Waals surface area contributed by atoms with Crippen molar-refractivity contribution in [3.8, 4) is 0 Å². The van der Waals surface area contributed by atoms with E-state index in [0.717, 1.165) is 11.1 Å². The summed E-state index contributed by atoms with van der Waals surface area (Å²) in [6, 6.07) is 14.3. The summed E-state index contributed by atoms with van der Waals surface area (Å²) in [5.41, 5.74) is 2.81. The summed E-state index contributed by atoms with van der Waals surface area (Å²) in [5.74, 6) is -5.63. The lowest BCUT2D eigenvalue weighted by Crippen LogP contribution is -2.42. The van der Waals surface area contributed by atoms with Crippen LogP contribution in [0, 0.1) is 0 Å². The lowest BCUT2D eigenvalue weighted by atomic mass is 10.1. The van der Waals surface area contributed by atoms with Crippen LogP contribution in [0.25, 0.3) is 0 Å². The Hall–Kier alpha value is -5.33. The van der Waals surface area contributed by atoms with Crippen molar-refractivity contribution < 1.29 is 42.9 Å². The van der Waals surface area contributed by atoms with Crippen molar-refractivity contribution in [2.24, 2.45) is 0 Å². The fourth-order valence-electron chi connectivity index (χ4n) is 4.11. The molecule has 2 aromatic rings. The Bertz CT molecular complexity index is 1340. The molecule has 2 heterocycles. The van der Waals surface area contributed by atoms with Gasteiger partial charge in [0.1, 0.15) is 0 Å². The highest BCUT2D eigenvalue weighted by Gasteiger charge is 2.39. The number of anilines is 2. The van der Waals surface area contributed by atoms with Crippen molar-refractivity contribution in [1.29, 1.82) is 0 Å². The highest BCUT2D eigenvalue weighted by atomic mass is 16.7. The predicted octanol–water partition coefficient (Wildman–Crippen LogP) is 3.03. The molecule has 0 unspecified atom stereocenters. The molecule has 2 aliphatic heterocycles. The highest BCUT2D eigenvalue weighted by molar-refractivity contribution is 6.16. The maximum Gasteiger partial charge on any atom is 0.350 e. The second-order valence-electron chi connectivity index (χ2n) is 10.8. The van der Waals surface area contributed by atoms with Crippen LogP contribution in [0.1, 0.15) is 38.8 Å². The van der Waals surface area contributed by atoms with Crippen LogP contribution in [-0.2, 0) is 51.0 Å². The van der Waals surface area contributed by atoms with Crippen molar-refractivity contribution in [2.45, 2.75) is 52.1 Å². The van der Waals surface area contributed by atoms with Gasteiger partial charge in [-0.05, 0) is 48.2 Å². The number of rotatable bonds is 10. The first-order chi connectivity index (χ1) is 20.8. The second kappa shape index (κ2) is 13.3. The van der Waals surface area contributed by atoms with Gasteiger partial charge in [-0.15, -0.1) is 0 Å². The molecular weight excluding hydrogens is 572 g/mol. The minimum Gasteiger partial charge on any atom is -0.419 e. The van der Waals surface area contributed by atoms with E-state index in [1.165, 1.54) is 40.1 Å². The SMILES string of the molecule is CC1(C)OC(=O)C(=CNc2ccc(CCNC(=O)NCCc3ccc(NC=C4C(=O)OC(C)(C)OC4=O)cc3)cc2)C(=O)O1. The third-order valence-electron chi connectivity index (χ3n) is 6.31. The smallest absolute Gasteiger partial charge is 0.350 e. The van der Waals surface area contributed by atoms with E-state index in [0.29, 0.717) is 37.3 Å². The summed E-state index contributed by atoms with van der Waals surface area (Å²) in [6.07, 6.45) is 3.70. The molecule has 4 N–H and O–H groups in total. The van der Waals surface area contributed by atoms with E-state index in [-0.39, 0.29) is 17.2 Å². The van der Waals surface area contributed by atoms with E-state index in [2.05, 4.69) is 21.3 Å². The maximum absolute atomic E-state index is 12.2. The minimum absolute atomic E-state index is 0.228. The van der Waals surface area contributed by atoms with Crippen molar-refractivity contribution >= 4 is 41.3 Å². The van der Waals surface area contributed by atoms with Gasteiger partial charge in [0.2, 0.25) is 0 Å². The fourth-order valence-corrected chi connectivity index (χ4v) is 4.11. The zero-order chi connectivity index (χ0) is 31.9. The zero-order valence-corrected chi connectivity index (χ0v) is 24.8. The summed E-state index contributed by atoms with van der Waals surface area (Å²) in [5, 5.41) is 11.4. The van der Waals surface area contributed by atoms with Gasteiger partial charge in [-0.25, -0.2) is 24.0 Å². The second-order valence-corrected chi connectivity index (χ2v) is 10.8. The molecule has 2 saturated heterocycles. The number of carbonyl (C=O) groups excluding carboxylic acids is 5. The van der Waals surface area contributed by atoms with Crippen molar-refractivity contribution in [1.82, 2.24) is 10.6 Å². The Kier molecular flexibility index (Phi) is 9.57. The average molecular weight is 607 g/mol. The van der Waals surface area contributed by atoms with E-state index in [1.54, 1.807) is 24.3 Å². The molecule has 2 amide bonds. The van der Waals surface area contributed by atoms with Gasteiger partial charge in [0, 0.05) is 64.6 Å². The quantitative estimate of drug-likeness (QED) is 0.178. The molecule has 0 bridgehead atoms. The normalized spacial score (nSPS) is 16.9. The third-order valence-corrected chi connectivity index (χ3v) is 6.31. The Balaban J connectivity index is 1.13. The van der Waals surface area contributed by atoms with Gasteiger partial charge in [0.25, 0.3) is 11.6 Å². The van der Waals surface area contributed by atoms with Crippen LogP contribution in [0.5, 0.6) is 0 Å². The number of amides is 2. The number of esters is 4. The van der Waals surface area contributed by atoms with Gasteiger partial charge in [-0.2, -0.15) is 0 Å². The molecule has 232 valence electrons. The molecule has 0 saturated carbocycles. The van der Waals surface area contributed by atoms with E-state index in [4.69, 9.17) is 18.9 Å². The Labute approximate surface area is 253 Å². The van der Waals surface area contributed by atoms with Gasteiger partial charge < -0.3 is 40.2 Å². The van der Waals surface area contributed by atoms with Crippen LogP contribution in [0.15, 0.2) is 72.1 Å². The van der Waals surface area contributed by atoms with Crippen molar-refractivity contribution in [3.05, 3.63) is 83.2 Å². The summed E-state index contributed by atoms with van der Waals surface area (Å²) in [4.78, 5) is 60.3. The van der Waals surface area contributed by atoms with Crippen LogP contribution in [-0.4, -0.2) is 54.6 Å². The molecule has 2 aromatic carbocycles. The van der Waals surface area contributed by atoms with Gasteiger partial charge in [0.15, 0.2) is 11.1 Å². The molecule has 44 heavy (non-hydrogen) atoms. The fraction of sp³-hybridized carbons (Fsp3) is 0.323. The first kappa shape index (κ1) is 31.6. The van der Waals surface area contributed by atoms with Crippen molar-refractivity contribution in [3.63, 3.8) is 0 Å². The molecule has 13 heteroatoms. The standard InChI is InChI=1S/C31H34N4O9/c1-30(2)41-25(36)23(26(37)42-30)17-34-21-9-5-19(6-10-21)13-15-32-29(40)33-16-14-20-7-11-22(12-8-20)35-18-24-27(38)43-31(3,4)44-28(24)39/h5-12,17-18,34-35H,13-16H2,1-4H3,(H2,32,33,40). The van der Waals surface area contributed by atoms with Gasteiger partial charge in [0.05, 0.1) is 0 Å². The first-order valence-corrected chi connectivity index (χ1v) is 13.9. The lowest BCUT2D eigenvalue weighted by Gasteiger charge is -2.29. The van der Waals surface area contributed by atoms with Gasteiger partial charge in [-0.3, -0.25) is 0 Å². The Morgan fingerprint density at radius 3 is 1.23 bits per heavy atom. The first-order valence-electron chi connectivity index (χ1n) is 13.9. The monoisotopic (exact) mass is 606 g/mol. The van der Waals surface area contributed by atoms with Crippen LogP contribution in [0.2, 0.25) is 0 Å². The number of nitrogens with one attached hydrogen (secondary N) is 4. The average Bonchev–Trinajstić information content (AvgIpc) is 2.92. The number of hydrogen-bond acceptors (Lipinski definition) is 11. The van der Waals surface area contributed by atoms with E-state index >= 15 is 0 Å². The molecule has 0 aromatic heterocycles. The molecule has 2 fully saturated rings. The van der Waals surface area contributed by atoms with Gasteiger partial charge >= 0.3 is 29.9 Å². The molecule has 2 aliphatic rings. The third kappa shape index (κ3) is 8.84. The van der Waals surface area contributed by atoms with Crippen LogP contribution < -0.4 is 21.3 Å². The summed E-state index contributed by atoms with van der Waals surface area (Å²) < 4.78 is 20.2. The Morgan fingerprint density at radius 2 is 0.909 bits per heavy atom. The number of ether oxygens (including phenoxy) is 4.